The quantitative estimate of drug-likeness (QED) is 0.883. The molecule has 3 nitrogen and oxygen atoms in total. The first-order valence-electron chi connectivity index (χ1n) is 6.84. The van der Waals surface area contributed by atoms with Gasteiger partial charge in [0, 0.05) is 39.8 Å². The number of hydrogen-bond donors (Lipinski definition) is 1. The van der Waals surface area contributed by atoms with E-state index in [2.05, 4.69) is 67.3 Å². The Morgan fingerprint density at radius 3 is 2.67 bits per heavy atom. The highest BCUT2D eigenvalue weighted by Crippen LogP contribution is 2.28. The van der Waals surface area contributed by atoms with E-state index in [0.717, 1.165) is 19.6 Å². The van der Waals surface area contributed by atoms with Crippen LogP contribution in [-0.2, 0) is 0 Å². The molecule has 1 heterocycles. The van der Waals surface area contributed by atoms with E-state index in [4.69, 9.17) is 0 Å². The fourth-order valence-electron chi connectivity index (χ4n) is 2.55. The second-order valence-electron chi connectivity index (χ2n) is 5.63. The minimum absolute atomic E-state index is 0.592. The normalized spacial score (nSPS) is 20.3. The van der Waals surface area contributed by atoms with Gasteiger partial charge in [-0.2, -0.15) is 0 Å². The Hall–Kier alpha value is -1.22. The average Bonchev–Trinajstić information content (AvgIpc) is 2.39. The number of piperazine rings is 1. The fourth-order valence-corrected chi connectivity index (χ4v) is 2.55. The van der Waals surface area contributed by atoms with Crippen LogP contribution in [0.1, 0.15) is 13.8 Å². The second kappa shape index (κ2) is 5.61. The maximum absolute atomic E-state index is 3.61. The Labute approximate surface area is 111 Å². The third kappa shape index (κ3) is 2.78. The molecule has 1 fully saturated rings. The van der Waals surface area contributed by atoms with E-state index >= 15 is 0 Å². The molecule has 1 aliphatic rings. The molecule has 0 spiro atoms. The molecule has 2 rings (SSSR count). The van der Waals surface area contributed by atoms with E-state index in [1.807, 2.05) is 0 Å². The minimum atomic E-state index is 0.592. The third-order valence-electron chi connectivity index (χ3n) is 3.71. The molecule has 1 aliphatic heterocycles. The summed E-state index contributed by atoms with van der Waals surface area (Å²) in [6.07, 6.45) is 0. The second-order valence-corrected chi connectivity index (χ2v) is 5.63. The van der Waals surface area contributed by atoms with Crippen molar-refractivity contribution in [3.8, 4) is 0 Å². The van der Waals surface area contributed by atoms with Crippen LogP contribution >= 0.6 is 0 Å². The number of rotatable bonds is 3. The van der Waals surface area contributed by atoms with Crippen molar-refractivity contribution in [3.63, 3.8) is 0 Å². The average molecular weight is 247 g/mol. The van der Waals surface area contributed by atoms with Crippen molar-refractivity contribution in [2.24, 2.45) is 5.92 Å². The molecule has 18 heavy (non-hydrogen) atoms. The van der Waals surface area contributed by atoms with Gasteiger partial charge >= 0.3 is 0 Å². The maximum Gasteiger partial charge on any atom is 0.0604 e. The Kier molecular flexibility index (Phi) is 4.12. The smallest absolute Gasteiger partial charge is 0.0604 e. The number of para-hydroxylation sites is 2. The molecular formula is C15H25N3. The van der Waals surface area contributed by atoms with Gasteiger partial charge in [0.1, 0.15) is 0 Å². The first-order chi connectivity index (χ1) is 8.59. The topological polar surface area (TPSA) is 18.5 Å². The maximum atomic E-state index is 3.61. The summed E-state index contributed by atoms with van der Waals surface area (Å²) in [6, 6.07) is 9.27. The van der Waals surface area contributed by atoms with Crippen LogP contribution in [0.25, 0.3) is 0 Å². The summed E-state index contributed by atoms with van der Waals surface area (Å²) in [5.41, 5.74) is 2.66. The molecule has 3 heteroatoms. The van der Waals surface area contributed by atoms with Gasteiger partial charge in [0.2, 0.25) is 0 Å². The van der Waals surface area contributed by atoms with Crippen LogP contribution in [0, 0.1) is 5.92 Å². The van der Waals surface area contributed by atoms with Gasteiger partial charge in [-0.25, -0.2) is 0 Å². The van der Waals surface area contributed by atoms with Crippen LogP contribution in [-0.4, -0.2) is 39.8 Å². The lowest BCUT2D eigenvalue weighted by Gasteiger charge is -2.38. The molecule has 1 atom stereocenters. The van der Waals surface area contributed by atoms with E-state index in [1.165, 1.54) is 11.4 Å². The summed E-state index contributed by atoms with van der Waals surface area (Å²) < 4.78 is 0. The monoisotopic (exact) mass is 247 g/mol. The van der Waals surface area contributed by atoms with Crippen LogP contribution < -0.4 is 15.1 Å². The fraction of sp³-hybridized carbons (Fsp3) is 0.600. The lowest BCUT2D eigenvalue weighted by atomic mass is 10.0. The van der Waals surface area contributed by atoms with Gasteiger partial charge in [-0.15, -0.1) is 0 Å². The number of hydrogen-bond acceptors (Lipinski definition) is 3. The molecule has 0 amide bonds. The van der Waals surface area contributed by atoms with Crippen molar-refractivity contribution >= 4 is 11.4 Å². The molecule has 0 aliphatic carbocycles. The van der Waals surface area contributed by atoms with Crippen molar-refractivity contribution in [2.45, 2.75) is 19.9 Å². The first-order valence-corrected chi connectivity index (χ1v) is 6.84. The zero-order chi connectivity index (χ0) is 13.1. The predicted molar refractivity (Wildman–Crippen MR) is 79.6 cm³/mol. The molecule has 0 aromatic heterocycles. The molecular weight excluding hydrogens is 222 g/mol. The summed E-state index contributed by atoms with van der Waals surface area (Å²) in [4.78, 5) is 4.71. The van der Waals surface area contributed by atoms with Crippen molar-refractivity contribution in [2.75, 3.05) is 43.5 Å². The van der Waals surface area contributed by atoms with Crippen molar-refractivity contribution in [1.82, 2.24) is 5.32 Å². The Bertz CT molecular complexity index is 387. The summed E-state index contributed by atoms with van der Waals surface area (Å²) >= 11 is 0. The Balaban J connectivity index is 2.20. The molecule has 0 radical (unpaired) electrons. The zero-order valence-corrected chi connectivity index (χ0v) is 12.0. The predicted octanol–water partition coefficient (Wildman–Crippen LogP) is 2.19. The highest BCUT2D eigenvalue weighted by molar-refractivity contribution is 5.71. The van der Waals surface area contributed by atoms with Gasteiger partial charge in [0.15, 0.2) is 0 Å². The van der Waals surface area contributed by atoms with Gasteiger partial charge in [0.05, 0.1) is 11.4 Å². The highest BCUT2D eigenvalue weighted by atomic mass is 15.2. The van der Waals surface area contributed by atoms with Crippen LogP contribution in [0.2, 0.25) is 0 Å². The van der Waals surface area contributed by atoms with Crippen LogP contribution in [0.4, 0.5) is 11.4 Å². The van der Waals surface area contributed by atoms with Crippen molar-refractivity contribution < 1.29 is 0 Å². The van der Waals surface area contributed by atoms with Crippen LogP contribution in [0.15, 0.2) is 24.3 Å². The molecule has 1 unspecified atom stereocenters. The molecule has 1 N–H and O–H groups in total. The Morgan fingerprint density at radius 1 is 1.28 bits per heavy atom. The molecule has 0 bridgehead atoms. The van der Waals surface area contributed by atoms with Gasteiger partial charge in [0.25, 0.3) is 0 Å². The van der Waals surface area contributed by atoms with Crippen molar-refractivity contribution in [1.29, 1.82) is 0 Å². The minimum Gasteiger partial charge on any atom is -0.376 e. The van der Waals surface area contributed by atoms with Crippen molar-refractivity contribution in [3.05, 3.63) is 24.3 Å². The summed E-state index contributed by atoms with van der Waals surface area (Å²) in [7, 11) is 4.22. The summed E-state index contributed by atoms with van der Waals surface area (Å²) in [5, 5.41) is 3.61. The lowest BCUT2D eigenvalue weighted by Crippen LogP contribution is -2.53. The van der Waals surface area contributed by atoms with E-state index < -0.39 is 0 Å². The lowest BCUT2D eigenvalue weighted by molar-refractivity contribution is 0.368. The van der Waals surface area contributed by atoms with Gasteiger partial charge in [-0.1, -0.05) is 26.0 Å². The van der Waals surface area contributed by atoms with Crippen LogP contribution in [0.5, 0.6) is 0 Å². The first kappa shape index (κ1) is 13.2. The molecule has 0 saturated carbocycles. The summed E-state index contributed by atoms with van der Waals surface area (Å²) in [6.45, 7) is 7.85. The summed E-state index contributed by atoms with van der Waals surface area (Å²) in [5.74, 6) is 0.680. The number of benzene rings is 1. The van der Waals surface area contributed by atoms with Gasteiger partial charge in [-0.05, 0) is 18.1 Å². The highest BCUT2D eigenvalue weighted by Gasteiger charge is 2.23. The molecule has 100 valence electrons. The SMILES string of the molecule is CC(C)C1CN(c2ccccc2N(C)C)CCN1. The molecule has 1 saturated heterocycles. The van der Waals surface area contributed by atoms with E-state index in [1.54, 1.807) is 0 Å². The van der Waals surface area contributed by atoms with E-state index in [0.29, 0.717) is 12.0 Å². The Morgan fingerprint density at radius 2 is 2.00 bits per heavy atom. The zero-order valence-electron chi connectivity index (χ0n) is 12.0. The molecule has 1 aromatic carbocycles. The standard InChI is InChI=1S/C15H25N3/c1-12(2)13-11-18(10-9-16-13)15-8-6-5-7-14(15)17(3)4/h5-8,12-13,16H,9-11H2,1-4H3. The number of anilines is 2. The number of nitrogens with zero attached hydrogens (tertiary/aromatic N) is 2. The van der Waals surface area contributed by atoms with Gasteiger partial charge < -0.3 is 15.1 Å². The van der Waals surface area contributed by atoms with Gasteiger partial charge in [-0.3, -0.25) is 0 Å². The largest absolute Gasteiger partial charge is 0.376 e. The van der Waals surface area contributed by atoms with E-state index in [-0.39, 0.29) is 0 Å². The van der Waals surface area contributed by atoms with Crippen LogP contribution in [0.3, 0.4) is 0 Å². The van der Waals surface area contributed by atoms with E-state index in [9.17, 15) is 0 Å². The molecule has 1 aromatic rings. The third-order valence-corrected chi connectivity index (χ3v) is 3.71. The number of nitrogens with one attached hydrogen (secondary N) is 1.